The zero-order chi connectivity index (χ0) is 14.3. The number of nitrogens with one attached hydrogen (secondary N) is 1. The Morgan fingerprint density at radius 1 is 0.857 bits per heavy atom. The molecular formula is C19H23NO. The van der Waals surface area contributed by atoms with Crippen molar-refractivity contribution in [1.29, 1.82) is 0 Å². The fourth-order valence-electron chi connectivity index (χ4n) is 2.89. The van der Waals surface area contributed by atoms with Gasteiger partial charge in [0.05, 0.1) is 6.61 Å². The topological polar surface area (TPSA) is 21.3 Å². The van der Waals surface area contributed by atoms with Crippen molar-refractivity contribution < 1.29 is 4.74 Å². The zero-order valence-electron chi connectivity index (χ0n) is 12.4. The predicted molar refractivity (Wildman–Crippen MR) is 87.6 cm³/mol. The average Bonchev–Trinajstić information content (AvgIpc) is 2.57. The molecular weight excluding hydrogens is 258 g/mol. The lowest BCUT2D eigenvalue weighted by Gasteiger charge is -2.22. The molecule has 3 rings (SSSR count). The van der Waals surface area contributed by atoms with Crippen LogP contribution in [0.25, 0.3) is 11.1 Å². The lowest BCUT2D eigenvalue weighted by molar-refractivity contribution is 0.252. The van der Waals surface area contributed by atoms with E-state index < -0.39 is 0 Å². The van der Waals surface area contributed by atoms with Crippen LogP contribution in [0, 0.1) is 5.92 Å². The van der Waals surface area contributed by atoms with E-state index in [1.165, 1.54) is 30.4 Å². The Bertz CT molecular complexity index is 529. The van der Waals surface area contributed by atoms with Crippen molar-refractivity contribution in [2.45, 2.75) is 19.3 Å². The molecule has 110 valence electrons. The van der Waals surface area contributed by atoms with E-state index >= 15 is 0 Å². The lowest BCUT2D eigenvalue weighted by atomic mass is 9.95. The molecule has 0 amide bonds. The molecule has 1 N–H and O–H groups in total. The number of hydrogen-bond donors (Lipinski definition) is 1. The van der Waals surface area contributed by atoms with E-state index in [0.717, 1.165) is 31.4 Å². The number of piperidine rings is 1. The molecule has 2 heteroatoms. The molecule has 0 atom stereocenters. The Balaban J connectivity index is 1.50. The van der Waals surface area contributed by atoms with Gasteiger partial charge in [-0.05, 0) is 61.5 Å². The van der Waals surface area contributed by atoms with Gasteiger partial charge >= 0.3 is 0 Å². The Morgan fingerprint density at radius 3 is 2.24 bits per heavy atom. The fraction of sp³-hybridized carbons (Fsp3) is 0.368. The second kappa shape index (κ2) is 7.28. The van der Waals surface area contributed by atoms with Gasteiger partial charge in [0.25, 0.3) is 0 Å². The van der Waals surface area contributed by atoms with Gasteiger partial charge in [-0.3, -0.25) is 0 Å². The molecule has 1 fully saturated rings. The van der Waals surface area contributed by atoms with E-state index in [1.54, 1.807) is 0 Å². The zero-order valence-corrected chi connectivity index (χ0v) is 12.4. The molecule has 2 nitrogen and oxygen atoms in total. The molecule has 0 unspecified atom stereocenters. The summed E-state index contributed by atoms with van der Waals surface area (Å²) in [6.07, 6.45) is 3.74. The maximum Gasteiger partial charge on any atom is 0.119 e. The van der Waals surface area contributed by atoms with Gasteiger partial charge in [-0.25, -0.2) is 0 Å². The van der Waals surface area contributed by atoms with Crippen LogP contribution >= 0.6 is 0 Å². The Labute approximate surface area is 127 Å². The van der Waals surface area contributed by atoms with Crippen LogP contribution in [0.3, 0.4) is 0 Å². The van der Waals surface area contributed by atoms with Crippen molar-refractivity contribution in [3.8, 4) is 16.9 Å². The Morgan fingerprint density at radius 2 is 1.52 bits per heavy atom. The van der Waals surface area contributed by atoms with E-state index in [-0.39, 0.29) is 0 Å². The smallest absolute Gasteiger partial charge is 0.119 e. The van der Waals surface area contributed by atoms with Gasteiger partial charge in [-0.1, -0.05) is 42.5 Å². The van der Waals surface area contributed by atoms with Crippen LogP contribution in [0.1, 0.15) is 19.3 Å². The molecule has 21 heavy (non-hydrogen) atoms. The predicted octanol–water partition coefficient (Wildman–Crippen LogP) is 4.12. The quantitative estimate of drug-likeness (QED) is 0.890. The molecule has 2 aromatic carbocycles. The molecule has 2 aromatic rings. The van der Waals surface area contributed by atoms with Crippen molar-refractivity contribution in [3.05, 3.63) is 54.6 Å². The standard InChI is InChI=1S/C19H23NO/c1-2-4-17(5-3-1)18-6-8-19(9-7-18)21-15-12-16-10-13-20-14-11-16/h1-9,16,20H,10-15H2. The van der Waals surface area contributed by atoms with Crippen LogP contribution in [0.2, 0.25) is 0 Å². The second-order valence-corrected chi connectivity index (χ2v) is 5.72. The van der Waals surface area contributed by atoms with Gasteiger partial charge < -0.3 is 10.1 Å². The molecule has 0 saturated carbocycles. The maximum atomic E-state index is 5.88. The summed E-state index contributed by atoms with van der Waals surface area (Å²) in [5.74, 6) is 1.80. The van der Waals surface area contributed by atoms with Crippen LogP contribution in [0.5, 0.6) is 5.75 Å². The highest BCUT2D eigenvalue weighted by molar-refractivity contribution is 5.63. The summed E-state index contributed by atoms with van der Waals surface area (Å²) in [5.41, 5.74) is 2.49. The third-order valence-corrected chi connectivity index (χ3v) is 4.21. The van der Waals surface area contributed by atoms with Crippen LogP contribution in [-0.4, -0.2) is 19.7 Å². The number of hydrogen-bond acceptors (Lipinski definition) is 2. The maximum absolute atomic E-state index is 5.88. The highest BCUT2D eigenvalue weighted by Crippen LogP contribution is 2.23. The lowest BCUT2D eigenvalue weighted by Crippen LogP contribution is -2.28. The molecule has 1 aliphatic rings. The first kappa shape index (κ1) is 14.2. The minimum atomic E-state index is 0.829. The van der Waals surface area contributed by atoms with Gasteiger partial charge in [0.15, 0.2) is 0 Å². The van der Waals surface area contributed by atoms with Crippen molar-refractivity contribution in [1.82, 2.24) is 5.32 Å². The van der Waals surface area contributed by atoms with Crippen molar-refractivity contribution in [2.24, 2.45) is 5.92 Å². The van der Waals surface area contributed by atoms with Gasteiger partial charge in [-0.2, -0.15) is 0 Å². The summed E-state index contributed by atoms with van der Waals surface area (Å²) in [7, 11) is 0. The third kappa shape index (κ3) is 4.08. The average molecular weight is 281 g/mol. The minimum Gasteiger partial charge on any atom is -0.494 e. The highest BCUT2D eigenvalue weighted by atomic mass is 16.5. The van der Waals surface area contributed by atoms with E-state index in [1.807, 2.05) is 6.07 Å². The Kier molecular flexibility index (Phi) is 4.90. The minimum absolute atomic E-state index is 0.829. The number of benzene rings is 2. The van der Waals surface area contributed by atoms with E-state index in [4.69, 9.17) is 4.74 Å². The van der Waals surface area contributed by atoms with E-state index in [2.05, 4.69) is 53.8 Å². The van der Waals surface area contributed by atoms with Crippen molar-refractivity contribution >= 4 is 0 Å². The summed E-state index contributed by atoms with van der Waals surface area (Å²) < 4.78 is 5.88. The molecule has 0 aromatic heterocycles. The van der Waals surface area contributed by atoms with Crippen molar-refractivity contribution in [3.63, 3.8) is 0 Å². The van der Waals surface area contributed by atoms with Gasteiger partial charge in [0, 0.05) is 0 Å². The van der Waals surface area contributed by atoms with Crippen LogP contribution in [-0.2, 0) is 0 Å². The number of ether oxygens (including phenoxy) is 1. The molecule has 1 saturated heterocycles. The first-order chi connectivity index (χ1) is 10.4. The third-order valence-electron chi connectivity index (χ3n) is 4.21. The molecule has 0 bridgehead atoms. The molecule has 0 aliphatic carbocycles. The summed E-state index contributed by atoms with van der Waals surface area (Å²) in [4.78, 5) is 0. The first-order valence-corrected chi connectivity index (χ1v) is 7.91. The molecule has 0 radical (unpaired) electrons. The molecule has 1 heterocycles. The van der Waals surface area contributed by atoms with E-state index in [9.17, 15) is 0 Å². The van der Waals surface area contributed by atoms with Crippen LogP contribution in [0.15, 0.2) is 54.6 Å². The largest absolute Gasteiger partial charge is 0.494 e. The molecule has 1 aliphatic heterocycles. The second-order valence-electron chi connectivity index (χ2n) is 5.72. The van der Waals surface area contributed by atoms with Gasteiger partial charge in [0.1, 0.15) is 5.75 Å². The fourth-order valence-corrected chi connectivity index (χ4v) is 2.89. The monoisotopic (exact) mass is 281 g/mol. The van der Waals surface area contributed by atoms with Crippen LogP contribution < -0.4 is 10.1 Å². The highest BCUT2D eigenvalue weighted by Gasteiger charge is 2.12. The molecule has 0 spiro atoms. The SMILES string of the molecule is c1ccc(-c2ccc(OCCC3CCNCC3)cc2)cc1. The summed E-state index contributed by atoms with van der Waals surface area (Å²) in [5, 5.41) is 3.40. The van der Waals surface area contributed by atoms with Crippen LogP contribution in [0.4, 0.5) is 0 Å². The summed E-state index contributed by atoms with van der Waals surface area (Å²) in [6.45, 7) is 3.15. The number of rotatable bonds is 5. The van der Waals surface area contributed by atoms with Crippen molar-refractivity contribution in [2.75, 3.05) is 19.7 Å². The van der Waals surface area contributed by atoms with E-state index in [0.29, 0.717) is 0 Å². The normalized spacial score (nSPS) is 15.8. The Hall–Kier alpha value is -1.80. The van der Waals surface area contributed by atoms with Gasteiger partial charge in [0.2, 0.25) is 0 Å². The summed E-state index contributed by atoms with van der Waals surface area (Å²) >= 11 is 0. The van der Waals surface area contributed by atoms with Gasteiger partial charge in [-0.15, -0.1) is 0 Å². The summed E-state index contributed by atoms with van der Waals surface area (Å²) in [6, 6.07) is 18.9. The first-order valence-electron chi connectivity index (χ1n) is 7.91.